The van der Waals surface area contributed by atoms with Gasteiger partial charge in [0.25, 0.3) is 0 Å². The zero-order valence-electron chi connectivity index (χ0n) is 8.50. The van der Waals surface area contributed by atoms with Gasteiger partial charge >= 0.3 is 0 Å². The Morgan fingerprint density at radius 2 is 1.77 bits per heavy atom. The van der Waals surface area contributed by atoms with Gasteiger partial charge in [-0.15, -0.1) is 0 Å². The number of ketones is 1. The highest BCUT2D eigenvalue weighted by Gasteiger charge is 2.06. The molecule has 1 nitrogen and oxygen atoms in total. The maximum Gasteiger partial charge on any atom is 0.163 e. The van der Waals surface area contributed by atoms with Crippen LogP contribution in [0.3, 0.4) is 0 Å². The van der Waals surface area contributed by atoms with Gasteiger partial charge in [-0.25, -0.2) is 0 Å². The summed E-state index contributed by atoms with van der Waals surface area (Å²) in [4.78, 5) is 11.6. The fourth-order valence-electron chi connectivity index (χ4n) is 1.23. The van der Waals surface area contributed by atoms with Gasteiger partial charge in [-0.05, 0) is 12.8 Å². The second kappa shape index (κ2) is 4.22. The summed E-state index contributed by atoms with van der Waals surface area (Å²) in [6.07, 6.45) is 0.642. The Hall–Kier alpha value is -1.11. The van der Waals surface area contributed by atoms with E-state index in [1.165, 1.54) is 5.56 Å². The molecule has 0 aliphatic carbocycles. The standard InChI is InChI=1S/C12H16O/c1-9(2)8-12(13)11-6-4-10(3)5-7-11/h4-7,9H,8H2,1-3H3. The van der Waals surface area contributed by atoms with Crippen molar-refractivity contribution in [1.82, 2.24) is 0 Å². The van der Waals surface area contributed by atoms with Crippen LogP contribution in [0.25, 0.3) is 0 Å². The van der Waals surface area contributed by atoms with Gasteiger partial charge in [-0.1, -0.05) is 43.7 Å². The van der Waals surface area contributed by atoms with Gasteiger partial charge in [0.05, 0.1) is 0 Å². The third-order valence-electron chi connectivity index (χ3n) is 1.97. The third kappa shape index (κ3) is 3.02. The molecule has 0 atom stereocenters. The van der Waals surface area contributed by atoms with Gasteiger partial charge in [0, 0.05) is 12.0 Å². The normalized spacial score (nSPS) is 10.5. The third-order valence-corrected chi connectivity index (χ3v) is 1.97. The Morgan fingerprint density at radius 1 is 1.23 bits per heavy atom. The summed E-state index contributed by atoms with van der Waals surface area (Å²) in [5.74, 6) is 0.684. The molecule has 0 saturated heterocycles. The Kier molecular flexibility index (Phi) is 3.24. The highest BCUT2D eigenvalue weighted by Crippen LogP contribution is 2.10. The fourth-order valence-corrected chi connectivity index (χ4v) is 1.23. The van der Waals surface area contributed by atoms with Gasteiger partial charge < -0.3 is 0 Å². The van der Waals surface area contributed by atoms with Gasteiger partial charge in [0.15, 0.2) is 5.78 Å². The molecule has 0 spiro atoms. The van der Waals surface area contributed by atoms with Crippen molar-refractivity contribution in [3.05, 3.63) is 35.4 Å². The van der Waals surface area contributed by atoms with Crippen LogP contribution in [0.5, 0.6) is 0 Å². The molecule has 1 aromatic rings. The van der Waals surface area contributed by atoms with Gasteiger partial charge in [-0.2, -0.15) is 0 Å². The Morgan fingerprint density at radius 3 is 2.23 bits per heavy atom. The van der Waals surface area contributed by atoms with Crippen LogP contribution >= 0.6 is 0 Å². The molecule has 0 fully saturated rings. The van der Waals surface area contributed by atoms with Crippen LogP contribution < -0.4 is 0 Å². The number of rotatable bonds is 3. The number of benzene rings is 1. The summed E-state index contributed by atoms with van der Waals surface area (Å²) in [6.45, 7) is 6.15. The van der Waals surface area contributed by atoms with Gasteiger partial charge in [-0.3, -0.25) is 4.79 Å². The van der Waals surface area contributed by atoms with E-state index in [4.69, 9.17) is 0 Å². The lowest BCUT2D eigenvalue weighted by Crippen LogP contribution is -2.03. The summed E-state index contributed by atoms with van der Waals surface area (Å²) in [6, 6.07) is 7.77. The first-order valence-corrected chi connectivity index (χ1v) is 4.69. The molecular formula is C12H16O. The predicted octanol–water partition coefficient (Wildman–Crippen LogP) is 3.22. The van der Waals surface area contributed by atoms with Crippen LogP contribution in [0.2, 0.25) is 0 Å². The van der Waals surface area contributed by atoms with E-state index < -0.39 is 0 Å². The van der Waals surface area contributed by atoms with Crippen LogP contribution in [0.4, 0.5) is 0 Å². The summed E-state index contributed by atoms with van der Waals surface area (Å²) < 4.78 is 0. The molecule has 0 bridgehead atoms. The molecule has 0 amide bonds. The fraction of sp³-hybridized carbons (Fsp3) is 0.417. The number of aryl methyl sites for hydroxylation is 1. The lowest BCUT2D eigenvalue weighted by atomic mass is 10.0. The van der Waals surface area contributed by atoms with E-state index in [-0.39, 0.29) is 5.78 Å². The molecule has 0 heterocycles. The highest BCUT2D eigenvalue weighted by molar-refractivity contribution is 5.96. The van der Waals surface area contributed by atoms with E-state index >= 15 is 0 Å². The topological polar surface area (TPSA) is 17.1 Å². The molecule has 13 heavy (non-hydrogen) atoms. The first-order chi connectivity index (χ1) is 6.09. The van der Waals surface area contributed by atoms with E-state index in [2.05, 4.69) is 13.8 Å². The molecule has 0 aromatic heterocycles. The number of carbonyl (C=O) groups is 1. The van der Waals surface area contributed by atoms with E-state index in [0.717, 1.165) is 5.56 Å². The molecule has 0 saturated carbocycles. The maximum atomic E-state index is 11.6. The molecule has 1 rings (SSSR count). The zero-order chi connectivity index (χ0) is 9.84. The number of carbonyl (C=O) groups excluding carboxylic acids is 1. The smallest absolute Gasteiger partial charge is 0.163 e. The van der Waals surface area contributed by atoms with Crippen molar-refractivity contribution < 1.29 is 4.79 Å². The minimum atomic E-state index is 0.245. The van der Waals surface area contributed by atoms with Crippen molar-refractivity contribution >= 4 is 5.78 Å². The van der Waals surface area contributed by atoms with Crippen molar-refractivity contribution in [2.75, 3.05) is 0 Å². The predicted molar refractivity (Wildman–Crippen MR) is 55.0 cm³/mol. The lowest BCUT2D eigenvalue weighted by Gasteiger charge is -2.03. The van der Waals surface area contributed by atoms with E-state index in [1.807, 2.05) is 31.2 Å². The van der Waals surface area contributed by atoms with Crippen molar-refractivity contribution in [3.63, 3.8) is 0 Å². The number of Topliss-reactive ketones (excluding diaryl/α,β-unsaturated/α-hetero) is 1. The van der Waals surface area contributed by atoms with Crippen molar-refractivity contribution in [3.8, 4) is 0 Å². The summed E-state index contributed by atoms with van der Waals surface area (Å²) in [5, 5.41) is 0. The largest absolute Gasteiger partial charge is 0.294 e. The minimum absolute atomic E-state index is 0.245. The molecule has 0 N–H and O–H groups in total. The molecule has 0 aliphatic heterocycles. The van der Waals surface area contributed by atoms with E-state index in [0.29, 0.717) is 12.3 Å². The molecule has 1 heteroatoms. The quantitative estimate of drug-likeness (QED) is 0.646. The molecule has 0 aliphatic rings. The SMILES string of the molecule is Cc1ccc(C(=O)CC(C)C)cc1. The number of hydrogen-bond acceptors (Lipinski definition) is 1. The molecule has 0 unspecified atom stereocenters. The molecule has 1 aromatic carbocycles. The molecular weight excluding hydrogens is 160 g/mol. The van der Waals surface area contributed by atoms with E-state index in [1.54, 1.807) is 0 Å². The monoisotopic (exact) mass is 176 g/mol. The average molecular weight is 176 g/mol. The van der Waals surface area contributed by atoms with Crippen LogP contribution in [-0.2, 0) is 0 Å². The first kappa shape index (κ1) is 9.97. The van der Waals surface area contributed by atoms with Crippen molar-refractivity contribution in [2.45, 2.75) is 27.2 Å². The second-order valence-corrected chi connectivity index (χ2v) is 3.89. The molecule has 70 valence electrons. The van der Waals surface area contributed by atoms with Crippen molar-refractivity contribution in [1.29, 1.82) is 0 Å². The minimum Gasteiger partial charge on any atom is -0.294 e. The zero-order valence-corrected chi connectivity index (χ0v) is 8.50. The van der Waals surface area contributed by atoms with Crippen LogP contribution in [0, 0.1) is 12.8 Å². The van der Waals surface area contributed by atoms with Gasteiger partial charge in [0.1, 0.15) is 0 Å². The van der Waals surface area contributed by atoms with Crippen LogP contribution in [0.15, 0.2) is 24.3 Å². The van der Waals surface area contributed by atoms with Crippen molar-refractivity contribution in [2.24, 2.45) is 5.92 Å². The molecule has 0 radical (unpaired) electrons. The second-order valence-electron chi connectivity index (χ2n) is 3.89. The highest BCUT2D eigenvalue weighted by atomic mass is 16.1. The van der Waals surface area contributed by atoms with E-state index in [9.17, 15) is 4.79 Å². The van der Waals surface area contributed by atoms with Crippen LogP contribution in [-0.4, -0.2) is 5.78 Å². The Balaban J connectivity index is 2.72. The Labute approximate surface area is 79.8 Å². The lowest BCUT2D eigenvalue weighted by molar-refractivity contribution is 0.0968. The maximum absolute atomic E-state index is 11.6. The summed E-state index contributed by atoms with van der Waals surface area (Å²) in [5.41, 5.74) is 2.03. The summed E-state index contributed by atoms with van der Waals surface area (Å²) in [7, 11) is 0. The summed E-state index contributed by atoms with van der Waals surface area (Å²) >= 11 is 0. The number of hydrogen-bond donors (Lipinski definition) is 0. The first-order valence-electron chi connectivity index (χ1n) is 4.69. The van der Waals surface area contributed by atoms with Crippen LogP contribution in [0.1, 0.15) is 36.2 Å². The average Bonchev–Trinajstić information content (AvgIpc) is 2.04. The van der Waals surface area contributed by atoms with Gasteiger partial charge in [0.2, 0.25) is 0 Å². The Bertz CT molecular complexity index is 282.